The van der Waals surface area contributed by atoms with Crippen LogP contribution in [-0.4, -0.2) is 54.0 Å². The van der Waals surface area contributed by atoms with E-state index in [1.807, 2.05) is 25.3 Å². The Morgan fingerprint density at radius 2 is 1.88 bits per heavy atom. The number of morpholine rings is 1. The van der Waals surface area contributed by atoms with E-state index in [4.69, 9.17) is 15.5 Å². The van der Waals surface area contributed by atoms with Crippen LogP contribution in [0.15, 0.2) is 48.7 Å². The van der Waals surface area contributed by atoms with E-state index in [0.29, 0.717) is 23.8 Å². The Morgan fingerprint density at radius 3 is 2.59 bits per heavy atom. The normalized spacial score (nSPS) is 14.9. The van der Waals surface area contributed by atoms with Crippen molar-refractivity contribution in [1.29, 1.82) is 0 Å². The van der Waals surface area contributed by atoms with Gasteiger partial charge in [-0.3, -0.25) is 0 Å². The number of nitrogens with two attached hydrogens (primary N) is 1. The van der Waals surface area contributed by atoms with Crippen LogP contribution in [0.2, 0.25) is 0 Å². The summed E-state index contributed by atoms with van der Waals surface area (Å²) in [5, 5.41) is 13.7. The number of aromatic nitrogens is 2. The van der Waals surface area contributed by atoms with Crippen LogP contribution in [0.25, 0.3) is 22.5 Å². The Labute approximate surface area is 189 Å². The van der Waals surface area contributed by atoms with E-state index >= 15 is 0 Å². The molecule has 7 nitrogen and oxygen atoms in total. The Bertz CT molecular complexity index is 1050. The number of benzene rings is 2. The molecule has 7 heteroatoms. The molecule has 1 fully saturated rings. The van der Waals surface area contributed by atoms with Crippen molar-refractivity contribution in [3.63, 3.8) is 0 Å². The highest BCUT2D eigenvalue weighted by molar-refractivity contribution is 5.78. The number of hydrogen-bond donors (Lipinski definition) is 3. The van der Waals surface area contributed by atoms with Crippen molar-refractivity contribution in [3.05, 3.63) is 54.2 Å². The Hall–Kier alpha value is -3.16. The molecule has 1 aliphatic rings. The molecule has 32 heavy (non-hydrogen) atoms. The van der Waals surface area contributed by atoms with Crippen molar-refractivity contribution in [2.75, 3.05) is 43.1 Å². The molecule has 1 atom stereocenters. The highest BCUT2D eigenvalue weighted by Gasteiger charge is 2.16. The maximum absolute atomic E-state index is 10.3. The third-order valence-electron chi connectivity index (χ3n) is 5.79. The van der Waals surface area contributed by atoms with Gasteiger partial charge in [-0.2, -0.15) is 0 Å². The largest absolute Gasteiger partial charge is 0.507 e. The predicted molar refractivity (Wildman–Crippen MR) is 129 cm³/mol. The van der Waals surface area contributed by atoms with Gasteiger partial charge in [0.05, 0.1) is 18.8 Å². The zero-order valence-electron chi connectivity index (χ0n) is 18.7. The van der Waals surface area contributed by atoms with Crippen molar-refractivity contribution in [2.24, 2.45) is 5.73 Å². The van der Waals surface area contributed by atoms with Crippen LogP contribution in [0.5, 0.6) is 5.75 Å². The number of aryl methyl sites for hydroxylation is 1. The molecule has 0 spiro atoms. The van der Waals surface area contributed by atoms with Gasteiger partial charge in [-0.1, -0.05) is 30.7 Å². The molecule has 3 aromatic rings. The van der Waals surface area contributed by atoms with Crippen LogP contribution in [0.1, 0.15) is 18.9 Å². The lowest BCUT2D eigenvalue weighted by Crippen LogP contribution is -2.36. The first-order valence-electron chi connectivity index (χ1n) is 11.1. The number of ether oxygens (including phenoxy) is 1. The summed E-state index contributed by atoms with van der Waals surface area (Å²) < 4.78 is 5.45. The molecular formula is C25H31N5O2. The van der Waals surface area contributed by atoms with Crippen LogP contribution in [0.4, 0.5) is 11.5 Å². The van der Waals surface area contributed by atoms with Gasteiger partial charge in [0, 0.05) is 43.1 Å². The molecule has 0 aliphatic carbocycles. The summed E-state index contributed by atoms with van der Waals surface area (Å²) in [6.07, 6.45) is 2.68. The van der Waals surface area contributed by atoms with Crippen molar-refractivity contribution >= 4 is 11.5 Å². The number of aromatic hydroxyl groups is 1. The first-order chi connectivity index (χ1) is 15.5. The minimum absolute atomic E-state index is 0.0253. The van der Waals surface area contributed by atoms with E-state index in [2.05, 4.69) is 46.4 Å². The van der Waals surface area contributed by atoms with Crippen molar-refractivity contribution in [2.45, 2.75) is 26.3 Å². The molecule has 0 saturated carbocycles. The fraction of sp³-hybridized carbons (Fsp3) is 0.360. The number of anilines is 2. The standard InChI is InChI=1S/C25H31N5O2/c1-3-19(26)15-27-25-22(16-28-24(29-25)21-14-17(2)4-9-23(21)31)18-5-7-20(8-6-18)30-10-12-32-13-11-30/h4-9,14,16,19,31H,3,10-13,15,26H2,1-2H3,(H,27,28,29). The number of nitrogens with one attached hydrogen (secondary N) is 1. The lowest BCUT2D eigenvalue weighted by molar-refractivity contribution is 0.122. The first kappa shape index (κ1) is 22.0. The van der Waals surface area contributed by atoms with Crippen LogP contribution in [0.3, 0.4) is 0 Å². The summed E-state index contributed by atoms with van der Waals surface area (Å²) in [5.74, 6) is 1.35. The highest BCUT2D eigenvalue weighted by atomic mass is 16.5. The molecular weight excluding hydrogens is 402 g/mol. The molecule has 1 saturated heterocycles. The molecule has 0 amide bonds. The minimum atomic E-state index is 0.0253. The molecule has 1 aliphatic heterocycles. The minimum Gasteiger partial charge on any atom is -0.507 e. The summed E-state index contributed by atoms with van der Waals surface area (Å²) in [7, 11) is 0. The molecule has 2 heterocycles. The number of hydrogen-bond acceptors (Lipinski definition) is 7. The highest BCUT2D eigenvalue weighted by Crippen LogP contribution is 2.33. The summed E-state index contributed by atoms with van der Waals surface area (Å²) in [4.78, 5) is 11.7. The smallest absolute Gasteiger partial charge is 0.165 e. The predicted octanol–water partition coefficient (Wildman–Crippen LogP) is 3.81. The zero-order chi connectivity index (χ0) is 22.5. The number of phenolic OH excluding ortho intramolecular Hbond substituents is 1. The van der Waals surface area contributed by atoms with E-state index in [1.54, 1.807) is 6.07 Å². The molecule has 1 aromatic heterocycles. The summed E-state index contributed by atoms with van der Waals surface area (Å²) in [6.45, 7) is 7.97. The van der Waals surface area contributed by atoms with Gasteiger partial charge in [0.1, 0.15) is 11.6 Å². The fourth-order valence-corrected chi connectivity index (χ4v) is 3.73. The third-order valence-corrected chi connectivity index (χ3v) is 5.79. The van der Waals surface area contributed by atoms with E-state index in [1.165, 1.54) is 5.69 Å². The van der Waals surface area contributed by atoms with E-state index < -0.39 is 0 Å². The van der Waals surface area contributed by atoms with Crippen LogP contribution < -0.4 is 16.0 Å². The van der Waals surface area contributed by atoms with Gasteiger partial charge >= 0.3 is 0 Å². The monoisotopic (exact) mass is 433 g/mol. The molecule has 4 rings (SSSR count). The third kappa shape index (κ3) is 5.00. The number of phenols is 1. The molecule has 2 aromatic carbocycles. The quantitative estimate of drug-likeness (QED) is 0.521. The van der Waals surface area contributed by atoms with E-state index in [-0.39, 0.29) is 11.8 Å². The van der Waals surface area contributed by atoms with Crippen molar-refractivity contribution in [3.8, 4) is 28.3 Å². The Morgan fingerprint density at radius 1 is 1.12 bits per heavy atom. The maximum atomic E-state index is 10.3. The second-order valence-electron chi connectivity index (χ2n) is 8.17. The van der Waals surface area contributed by atoms with Crippen LogP contribution in [-0.2, 0) is 4.74 Å². The lowest BCUT2D eigenvalue weighted by Gasteiger charge is -2.29. The average molecular weight is 434 g/mol. The van der Waals surface area contributed by atoms with Crippen molar-refractivity contribution < 1.29 is 9.84 Å². The Balaban J connectivity index is 1.67. The van der Waals surface area contributed by atoms with Gasteiger partial charge in [-0.05, 0) is 43.2 Å². The van der Waals surface area contributed by atoms with Gasteiger partial charge in [0.25, 0.3) is 0 Å². The second kappa shape index (κ2) is 9.97. The molecule has 1 unspecified atom stereocenters. The topological polar surface area (TPSA) is 96.5 Å². The van der Waals surface area contributed by atoms with Crippen molar-refractivity contribution in [1.82, 2.24) is 9.97 Å². The molecule has 0 radical (unpaired) electrons. The van der Waals surface area contributed by atoms with Gasteiger partial charge in [-0.15, -0.1) is 0 Å². The van der Waals surface area contributed by atoms with Gasteiger partial charge in [0.2, 0.25) is 0 Å². The second-order valence-corrected chi connectivity index (χ2v) is 8.17. The molecule has 0 bridgehead atoms. The number of rotatable bonds is 7. The van der Waals surface area contributed by atoms with Gasteiger partial charge in [-0.25, -0.2) is 9.97 Å². The SMILES string of the molecule is CCC(N)CNc1nc(-c2cc(C)ccc2O)ncc1-c1ccc(N2CCOCC2)cc1. The van der Waals surface area contributed by atoms with Crippen LogP contribution in [0, 0.1) is 6.92 Å². The summed E-state index contributed by atoms with van der Waals surface area (Å²) in [5.41, 5.74) is 10.9. The average Bonchev–Trinajstić information content (AvgIpc) is 2.84. The number of nitrogens with zero attached hydrogens (tertiary/aromatic N) is 3. The van der Waals surface area contributed by atoms with Crippen LogP contribution >= 0.6 is 0 Å². The zero-order valence-corrected chi connectivity index (χ0v) is 18.7. The maximum Gasteiger partial charge on any atom is 0.165 e. The fourth-order valence-electron chi connectivity index (χ4n) is 3.73. The molecule has 168 valence electrons. The lowest BCUT2D eigenvalue weighted by atomic mass is 10.1. The van der Waals surface area contributed by atoms with E-state index in [9.17, 15) is 5.11 Å². The Kier molecular flexibility index (Phi) is 6.87. The van der Waals surface area contributed by atoms with E-state index in [0.717, 1.165) is 49.4 Å². The van der Waals surface area contributed by atoms with Gasteiger partial charge in [0.15, 0.2) is 5.82 Å². The summed E-state index contributed by atoms with van der Waals surface area (Å²) >= 11 is 0. The first-order valence-corrected chi connectivity index (χ1v) is 11.1. The molecule has 4 N–H and O–H groups in total. The van der Waals surface area contributed by atoms with Gasteiger partial charge < -0.3 is 25.8 Å². The summed E-state index contributed by atoms with van der Waals surface area (Å²) in [6, 6.07) is 13.9.